The molecule has 0 fully saturated rings. The molecule has 7 heteroatoms. The minimum absolute atomic E-state index is 0.0172. The van der Waals surface area contributed by atoms with Crippen molar-refractivity contribution in [1.29, 1.82) is 0 Å². The Morgan fingerprint density at radius 2 is 2.25 bits per heavy atom. The number of hydrogen-bond donors (Lipinski definition) is 1. The number of nitrogens with zero attached hydrogens (tertiary/aromatic N) is 2. The molecule has 2 aromatic rings. The van der Waals surface area contributed by atoms with Crippen LogP contribution in [-0.4, -0.2) is 28.3 Å². The molecule has 20 heavy (non-hydrogen) atoms. The molecule has 1 heterocycles. The van der Waals surface area contributed by atoms with Crippen molar-refractivity contribution in [3.05, 3.63) is 35.5 Å². The van der Waals surface area contributed by atoms with Crippen LogP contribution in [0.25, 0.3) is 0 Å². The van der Waals surface area contributed by atoms with Crippen LogP contribution in [0.2, 0.25) is 0 Å². The Morgan fingerprint density at radius 1 is 1.45 bits per heavy atom. The summed E-state index contributed by atoms with van der Waals surface area (Å²) in [5.74, 6) is 0.454. The standard InChI is InChI=1S/C13H14N2O5/c1-3-12-14-11(15-20-12)7-19-10-5-4-8(18-2)6-9(10)13(16)17/h4-6H,3,7H2,1-2H3,(H,16,17). The van der Waals surface area contributed by atoms with Crippen LogP contribution in [0.3, 0.4) is 0 Å². The van der Waals surface area contributed by atoms with E-state index in [0.717, 1.165) is 0 Å². The number of carbonyl (C=O) groups is 1. The largest absolute Gasteiger partial charge is 0.497 e. The van der Waals surface area contributed by atoms with E-state index >= 15 is 0 Å². The third-order valence-electron chi connectivity index (χ3n) is 2.59. The lowest BCUT2D eigenvalue weighted by Crippen LogP contribution is -2.04. The number of hydrogen-bond acceptors (Lipinski definition) is 6. The molecule has 0 aliphatic heterocycles. The van der Waals surface area contributed by atoms with Crippen molar-refractivity contribution in [3.8, 4) is 11.5 Å². The summed E-state index contributed by atoms with van der Waals surface area (Å²) in [6, 6.07) is 4.55. The summed E-state index contributed by atoms with van der Waals surface area (Å²) in [7, 11) is 1.47. The van der Waals surface area contributed by atoms with E-state index in [2.05, 4.69) is 10.1 Å². The summed E-state index contributed by atoms with van der Waals surface area (Å²) in [4.78, 5) is 15.2. The lowest BCUT2D eigenvalue weighted by Gasteiger charge is -2.08. The minimum atomic E-state index is -1.10. The van der Waals surface area contributed by atoms with Crippen LogP contribution in [0, 0.1) is 0 Å². The molecule has 0 radical (unpaired) electrons. The smallest absolute Gasteiger partial charge is 0.339 e. The molecule has 0 saturated carbocycles. The SMILES string of the molecule is CCc1nc(COc2ccc(OC)cc2C(=O)O)no1. The number of carboxylic acids is 1. The zero-order valence-electron chi connectivity index (χ0n) is 11.1. The van der Waals surface area contributed by atoms with Gasteiger partial charge in [0.25, 0.3) is 0 Å². The fraction of sp³-hybridized carbons (Fsp3) is 0.308. The molecule has 7 nitrogen and oxygen atoms in total. The van der Waals surface area contributed by atoms with Gasteiger partial charge in [-0.25, -0.2) is 4.79 Å². The summed E-state index contributed by atoms with van der Waals surface area (Å²) in [5, 5.41) is 12.9. The number of benzene rings is 1. The second-order valence-electron chi connectivity index (χ2n) is 3.91. The second-order valence-corrected chi connectivity index (χ2v) is 3.91. The first-order valence-corrected chi connectivity index (χ1v) is 5.99. The van der Waals surface area contributed by atoms with Gasteiger partial charge in [-0.2, -0.15) is 4.98 Å². The van der Waals surface area contributed by atoms with E-state index in [4.69, 9.17) is 19.1 Å². The van der Waals surface area contributed by atoms with Crippen LogP contribution in [0.5, 0.6) is 11.5 Å². The fourth-order valence-corrected chi connectivity index (χ4v) is 1.56. The van der Waals surface area contributed by atoms with E-state index in [-0.39, 0.29) is 17.9 Å². The van der Waals surface area contributed by atoms with Crippen molar-refractivity contribution in [2.75, 3.05) is 7.11 Å². The van der Waals surface area contributed by atoms with E-state index in [0.29, 0.717) is 23.9 Å². The van der Waals surface area contributed by atoms with Crippen LogP contribution >= 0.6 is 0 Å². The van der Waals surface area contributed by atoms with Crippen LogP contribution in [0.15, 0.2) is 22.7 Å². The number of carboxylic acid groups (broad SMARTS) is 1. The topological polar surface area (TPSA) is 94.7 Å². The molecular weight excluding hydrogens is 264 g/mol. The Morgan fingerprint density at radius 3 is 2.85 bits per heavy atom. The average Bonchev–Trinajstić information content (AvgIpc) is 2.92. The molecule has 0 atom stereocenters. The van der Waals surface area contributed by atoms with Crippen molar-refractivity contribution >= 4 is 5.97 Å². The summed E-state index contributed by atoms with van der Waals surface area (Å²) < 4.78 is 15.3. The number of aromatic nitrogens is 2. The maximum Gasteiger partial charge on any atom is 0.339 e. The Balaban J connectivity index is 2.14. The molecule has 0 spiro atoms. The summed E-state index contributed by atoms with van der Waals surface area (Å²) in [5.41, 5.74) is 0.0172. The van der Waals surface area contributed by atoms with E-state index in [9.17, 15) is 4.79 Å². The maximum atomic E-state index is 11.2. The van der Waals surface area contributed by atoms with Crippen LogP contribution in [0.4, 0.5) is 0 Å². The highest BCUT2D eigenvalue weighted by molar-refractivity contribution is 5.91. The first kappa shape index (κ1) is 13.9. The molecule has 1 N–H and O–H groups in total. The first-order valence-electron chi connectivity index (χ1n) is 5.99. The van der Waals surface area contributed by atoms with Gasteiger partial charge in [-0.1, -0.05) is 12.1 Å². The molecule has 0 saturated heterocycles. The number of rotatable bonds is 6. The molecule has 1 aromatic heterocycles. The number of aryl methyl sites for hydroxylation is 1. The molecule has 0 aliphatic rings. The number of aromatic carboxylic acids is 1. The highest BCUT2D eigenvalue weighted by Crippen LogP contribution is 2.24. The van der Waals surface area contributed by atoms with Crippen molar-refractivity contribution in [2.24, 2.45) is 0 Å². The van der Waals surface area contributed by atoms with E-state index in [1.54, 1.807) is 6.07 Å². The van der Waals surface area contributed by atoms with Gasteiger partial charge in [0.1, 0.15) is 17.1 Å². The lowest BCUT2D eigenvalue weighted by atomic mass is 10.2. The highest BCUT2D eigenvalue weighted by Gasteiger charge is 2.14. The number of methoxy groups -OCH3 is 1. The quantitative estimate of drug-likeness (QED) is 0.862. The van der Waals surface area contributed by atoms with E-state index in [1.165, 1.54) is 19.2 Å². The molecular formula is C13H14N2O5. The molecule has 0 bridgehead atoms. The molecule has 0 unspecified atom stereocenters. The summed E-state index contributed by atoms with van der Waals surface area (Å²) >= 11 is 0. The van der Waals surface area contributed by atoms with Gasteiger partial charge in [0.2, 0.25) is 11.7 Å². The van der Waals surface area contributed by atoms with E-state index < -0.39 is 5.97 Å². The maximum absolute atomic E-state index is 11.2. The second kappa shape index (κ2) is 6.05. The molecule has 0 aliphatic carbocycles. The summed E-state index contributed by atoms with van der Waals surface area (Å²) in [6.45, 7) is 1.93. The van der Waals surface area contributed by atoms with Gasteiger partial charge in [0.15, 0.2) is 6.61 Å². The summed E-state index contributed by atoms with van der Waals surface area (Å²) in [6.07, 6.45) is 0.635. The van der Waals surface area contributed by atoms with Crippen molar-refractivity contribution in [1.82, 2.24) is 10.1 Å². The van der Waals surface area contributed by atoms with Crippen molar-refractivity contribution in [2.45, 2.75) is 20.0 Å². The Bertz CT molecular complexity index is 609. The third kappa shape index (κ3) is 3.05. The zero-order chi connectivity index (χ0) is 14.5. The van der Waals surface area contributed by atoms with Gasteiger partial charge < -0.3 is 19.1 Å². The van der Waals surface area contributed by atoms with Crippen molar-refractivity contribution in [3.63, 3.8) is 0 Å². The minimum Gasteiger partial charge on any atom is -0.497 e. The Labute approximate surface area is 115 Å². The Kier molecular flexibility index (Phi) is 4.19. The van der Waals surface area contributed by atoms with Crippen LogP contribution in [0.1, 0.15) is 29.0 Å². The van der Waals surface area contributed by atoms with Crippen LogP contribution < -0.4 is 9.47 Å². The normalized spacial score (nSPS) is 10.3. The van der Waals surface area contributed by atoms with Gasteiger partial charge in [-0.05, 0) is 18.2 Å². The predicted octanol–water partition coefficient (Wildman–Crippen LogP) is 1.92. The van der Waals surface area contributed by atoms with Gasteiger partial charge in [-0.15, -0.1) is 0 Å². The lowest BCUT2D eigenvalue weighted by molar-refractivity contribution is 0.0691. The van der Waals surface area contributed by atoms with Gasteiger partial charge >= 0.3 is 5.97 Å². The van der Waals surface area contributed by atoms with Crippen LogP contribution in [-0.2, 0) is 13.0 Å². The average molecular weight is 278 g/mol. The monoisotopic (exact) mass is 278 g/mol. The molecule has 0 amide bonds. The highest BCUT2D eigenvalue weighted by atomic mass is 16.5. The molecule has 106 valence electrons. The molecule has 1 aromatic carbocycles. The number of ether oxygens (including phenoxy) is 2. The third-order valence-corrected chi connectivity index (χ3v) is 2.59. The zero-order valence-corrected chi connectivity index (χ0v) is 11.1. The van der Waals surface area contributed by atoms with Gasteiger partial charge in [-0.3, -0.25) is 0 Å². The van der Waals surface area contributed by atoms with E-state index in [1.807, 2.05) is 6.92 Å². The first-order chi connectivity index (χ1) is 9.63. The van der Waals surface area contributed by atoms with Gasteiger partial charge in [0.05, 0.1) is 7.11 Å². The fourth-order valence-electron chi connectivity index (χ4n) is 1.56. The van der Waals surface area contributed by atoms with Gasteiger partial charge in [0, 0.05) is 6.42 Å². The van der Waals surface area contributed by atoms with Crippen molar-refractivity contribution < 1.29 is 23.9 Å². The Hall–Kier alpha value is -2.57. The predicted molar refractivity (Wildman–Crippen MR) is 68.0 cm³/mol. The molecule has 2 rings (SSSR count).